The third-order valence-corrected chi connectivity index (χ3v) is 5.95. The van der Waals surface area contributed by atoms with Gasteiger partial charge in [-0.3, -0.25) is 9.88 Å². The first-order chi connectivity index (χ1) is 16.9. The van der Waals surface area contributed by atoms with E-state index in [-0.39, 0.29) is 12.3 Å². The molecule has 0 bridgehead atoms. The number of oxime groups is 1. The van der Waals surface area contributed by atoms with Crippen LogP contribution >= 0.6 is 0 Å². The van der Waals surface area contributed by atoms with E-state index in [0.717, 1.165) is 55.7 Å². The van der Waals surface area contributed by atoms with Crippen LogP contribution in [0.1, 0.15) is 48.1 Å². The minimum Gasteiger partial charge on any atom is -0.392 e. The van der Waals surface area contributed by atoms with Gasteiger partial charge in [0.05, 0.1) is 11.8 Å². The van der Waals surface area contributed by atoms with Crippen LogP contribution in [0.2, 0.25) is 0 Å². The fraction of sp³-hybridized carbons (Fsp3) is 0.346. The number of aliphatic hydroxyl groups excluding tert-OH is 1. The number of aromatic nitrogens is 2. The molecule has 35 heavy (non-hydrogen) atoms. The molecule has 6 nitrogen and oxygen atoms in total. The molecule has 1 fully saturated rings. The molecule has 1 aromatic carbocycles. The summed E-state index contributed by atoms with van der Waals surface area (Å²) < 4.78 is 40.3. The average molecular weight is 485 g/mol. The maximum absolute atomic E-state index is 13.8. The first-order valence-electron chi connectivity index (χ1n) is 11.5. The lowest BCUT2D eigenvalue weighted by atomic mass is 9.90. The van der Waals surface area contributed by atoms with Crippen molar-refractivity contribution in [2.75, 3.05) is 19.7 Å². The predicted octanol–water partition coefficient (Wildman–Crippen LogP) is 4.42. The third kappa shape index (κ3) is 6.64. The first-order valence-corrected chi connectivity index (χ1v) is 11.5. The highest BCUT2D eigenvalue weighted by molar-refractivity contribution is 6.11. The SMILES string of the molecule is C[C@H](O)CON=C(c1ccc(F)c(F)c1)c1ccc(CN2CCC(c3ccc(F)nc3)CC2)cn1. The molecular formula is C26H27F3N4O2. The van der Waals surface area contributed by atoms with Gasteiger partial charge in [0.15, 0.2) is 11.6 Å². The van der Waals surface area contributed by atoms with E-state index in [2.05, 4.69) is 20.0 Å². The van der Waals surface area contributed by atoms with E-state index < -0.39 is 23.7 Å². The minimum absolute atomic E-state index is 0.0464. The number of piperidine rings is 1. The molecule has 0 aliphatic carbocycles. The molecular weight excluding hydrogens is 457 g/mol. The van der Waals surface area contributed by atoms with E-state index in [1.54, 1.807) is 25.4 Å². The molecule has 1 aliphatic heterocycles. The Morgan fingerprint density at radius 2 is 1.86 bits per heavy atom. The minimum atomic E-state index is -0.998. The summed E-state index contributed by atoms with van der Waals surface area (Å²) in [6, 6.07) is 10.4. The van der Waals surface area contributed by atoms with Crippen LogP contribution in [-0.4, -0.2) is 51.5 Å². The Hall–Kier alpha value is -3.30. The highest BCUT2D eigenvalue weighted by Crippen LogP contribution is 2.28. The Kier molecular flexibility index (Phi) is 8.09. The smallest absolute Gasteiger partial charge is 0.212 e. The van der Waals surface area contributed by atoms with Gasteiger partial charge in [0.25, 0.3) is 0 Å². The van der Waals surface area contributed by atoms with Gasteiger partial charge in [-0.25, -0.2) is 13.8 Å². The zero-order valence-corrected chi connectivity index (χ0v) is 19.4. The van der Waals surface area contributed by atoms with Crippen molar-refractivity contribution >= 4 is 5.71 Å². The van der Waals surface area contributed by atoms with E-state index in [1.807, 2.05) is 12.1 Å². The van der Waals surface area contributed by atoms with Gasteiger partial charge in [-0.2, -0.15) is 4.39 Å². The molecule has 0 spiro atoms. The summed E-state index contributed by atoms with van der Waals surface area (Å²) in [6.07, 6.45) is 4.55. The van der Waals surface area contributed by atoms with Gasteiger partial charge >= 0.3 is 0 Å². The van der Waals surface area contributed by atoms with Crippen LogP contribution in [0.3, 0.4) is 0 Å². The number of nitrogens with zero attached hydrogens (tertiary/aromatic N) is 4. The molecule has 1 N–H and O–H groups in total. The maximum atomic E-state index is 13.8. The summed E-state index contributed by atoms with van der Waals surface area (Å²) >= 11 is 0. The summed E-state index contributed by atoms with van der Waals surface area (Å²) in [6.45, 7) is 4.03. The Morgan fingerprint density at radius 3 is 2.49 bits per heavy atom. The van der Waals surface area contributed by atoms with Crippen LogP contribution in [-0.2, 0) is 11.4 Å². The quantitative estimate of drug-likeness (QED) is 0.291. The molecule has 1 atom stereocenters. The zero-order valence-electron chi connectivity index (χ0n) is 19.4. The molecule has 4 rings (SSSR count). The Bertz CT molecular complexity index is 1150. The van der Waals surface area contributed by atoms with E-state index in [1.165, 1.54) is 12.1 Å². The van der Waals surface area contributed by atoms with E-state index >= 15 is 0 Å². The first kappa shape index (κ1) is 24.8. The second-order valence-corrected chi connectivity index (χ2v) is 8.73. The number of aliphatic hydroxyl groups is 1. The normalized spacial score (nSPS) is 16.3. The van der Waals surface area contributed by atoms with Gasteiger partial charge in [0.2, 0.25) is 5.95 Å². The van der Waals surface area contributed by atoms with Crippen molar-refractivity contribution in [1.29, 1.82) is 0 Å². The largest absolute Gasteiger partial charge is 0.392 e. The predicted molar refractivity (Wildman–Crippen MR) is 125 cm³/mol. The molecule has 3 heterocycles. The van der Waals surface area contributed by atoms with Crippen molar-refractivity contribution in [2.45, 2.75) is 38.3 Å². The van der Waals surface area contributed by atoms with Crippen molar-refractivity contribution in [3.8, 4) is 0 Å². The summed E-state index contributed by atoms with van der Waals surface area (Å²) in [4.78, 5) is 15.8. The number of hydrogen-bond acceptors (Lipinski definition) is 6. The summed E-state index contributed by atoms with van der Waals surface area (Å²) in [5, 5.41) is 13.5. The molecule has 1 aliphatic rings. The molecule has 0 amide bonds. The lowest BCUT2D eigenvalue weighted by molar-refractivity contribution is 0.0502. The molecule has 184 valence electrons. The van der Waals surface area contributed by atoms with Crippen molar-refractivity contribution in [3.05, 3.63) is 94.8 Å². The van der Waals surface area contributed by atoms with Crippen molar-refractivity contribution in [1.82, 2.24) is 14.9 Å². The van der Waals surface area contributed by atoms with Crippen LogP contribution < -0.4 is 0 Å². The van der Waals surface area contributed by atoms with Crippen LogP contribution in [0, 0.1) is 17.6 Å². The number of likely N-dealkylation sites (tertiary alicyclic amines) is 1. The van der Waals surface area contributed by atoms with Gasteiger partial charge in [-0.15, -0.1) is 0 Å². The Balaban J connectivity index is 1.42. The number of benzene rings is 1. The number of halogens is 3. The third-order valence-electron chi connectivity index (χ3n) is 5.95. The average Bonchev–Trinajstić information content (AvgIpc) is 2.85. The Morgan fingerprint density at radius 1 is 1.06 bits per heavy atom. The van der Waals surface area contributed by atoms with Gasteiger partial charge < -0.3 is 9.94 Å². The second-order valence-electron chi connectivity index (χ2n) is 8.73. The molecule has 1 saturated heterocycles. The lowest BCUT2D eigenvalue weighted by Gasteiger charge is -2.32. The van der Waals surface area contributed by atoms with Gasteiger partial charge in [0.1, 0.15) is 12.3 Å². The Labute approximate surface area is 202 Å². The lowest BCUT2D eigenvalue weighted by Crippen LogP contribution is -2.32. The zero-order chi connectivity index (χ0) is 24.8. The highest BCUT2D eigenvalue weighted by atomic mass is 19.2. The van der Waals surface area contributed by atoms with E-state index in [4.69, 9.17) is 4.84 Å². The number of pyridine rings is 2. The second kappa shape index (κ2) is 11.4. The van der Waals surface area contributed by atoms with Crippen molar-refractivity contribution in [2.24, 2.45) is 5.16 Å². The van der Waals surface area contributed by atoms with Crippen LogP contribution in [0.4, 0.5) is 13.2 Å². The van der Waals surface area contributed by atoms with Crippen molar-refractivity contribution < 1.29 is 23.1 Å². The van der Waals surface area contributed by atoms with Crippen LogP contribution in [0.25, 0.3) is 0 Å². The highest BCUT2D eigenvalue weighted by Gasteiger charge is 2.21. The van der Waals surface area contributed by atoms with Gasteiger partial charge in [-0.1, -0.05) is 17.3 Å². The fourth-order valence-corrected chi connectivity index (χ4v) is 4.07. The summed E-state index contributed by atoms with van der Waals surface area (Å²) in [5.41, 5.74) is 3.06. The van der Waals surface area contributed by atoms with Crippen LogP contribution in [0.15, 0.2) is 60.0 Å². The van der Waals surface area contributed by atoms with E-state index in [9.17, 15) is 18.3 Å². The van der Waals surface area contributed by atoms with Gasteiger partial charge in [0, 0.05) is 24.5 Å². The topological polar surface area (TPSA) is 70.8 Å². The molecule has 0 radical (unpaired) electrons. The fourth-order valence-electron chi connectivity index (χ4n) is 4.07. The monoisotopic (exact) mass is 484 g/mol. The number of hydrogen-bond donors (Lipinski definition) is 1. The number of rotatable bonds is 8. The van der Waals surface area contributed by atoms with Gasteiger partial charge in [-0.05, 0) is 80.2 Å². The molecule has 0 unspecified atom stereocenters. The summed E-state index contributed by atoms with van der Waals surface area (Å²) in [5.74, 6) is -2.05. The molecule has 9 heteroatoms. The van der Waals surface area contributed by atoms with Crippen LogP contribution in [0.5, 0.6) is 0 Å². The maximum Gasteiger partial charge on any atom is 0.212 e. The van der Waals surface area contributed by atoms with Crippen molar-refractivity contribution in [3.63, 3.8) is 0 Å². The summed E-state index contributed by atoms with van der Waals surface area (Å²) in [7, 11) is 0. The molecule has 2 aromatic heterocycles. The van der Waals surface area contributed by atoms with E-state index in [0.29, 0.717) is 17.2 Å². The molecule has 3 aromatic rings. The standard InChI is InChI=1S/C26H27F3N4O2/c1-17(34)16-35-32-26(20-3-5-22(27)23(28)12-20)24-6-2-18(13-30-24)15-33-10-8-19(9-11-33)21-4-7-25(29)31-14-21/h2-7,12-14,17,19,34H,8-11,15-16H2,1H3/t17-/m0/s1. The molecule has 0 saturated carbocycles.